The molecular weight excluding hydrogens is 294 g/mol. The number of carbonyl (C=O) groups excluding carboxylic acids is 1. The van der Waals surface area contributed by atoms with E-state index in [0.29, 0.717) is 12.6 Å². The van der Waals surface area contributed by atoms with Gasteiger partial charge in [0, 0.05) is 25.4 Å². The highest BCUT2D eigenvalue weighted by molar-refractivity contribution is 7.90. The van der Waals surface area contributed by atoms with Gasteiger partial charge < -0.3 is 16.2 Å². The zero-order chi connectivity index (χ0) is 15.7. The predicted molar refractivity (Wildman–Crippen MR) is 79.2 cm³/mol. The zero-order valence-electron chi connectivity index (χ0n) is 12.4. The first-order chi connectivity index (χ1) is 9.74. The third kappa shape index (κ3) is 3.74. The summed E-state index contributed by atoms with van der Waals surface area (Å²) in [5, 5.41) is 12.8. The maximum Gasteiger partial charge on any atom is 0.237 e. The number of β-amino-alcohol motifs (C(OH)–C–C–N with tert-alkyl or cyclic N) is 1. The summed E-state index contributed by atoms with van der Waals surface area (Å²) in [7, 11) is -3.10. The van der Waals surface area contributed by atoms with E-state index in [4.69, 9.17) is 5.73 Å². The van der Waals surface area contributed by atoms with Gasteiger partial charge in [0.05, 0.1) is 12.0 Å². The number of nitrogens with one attached hydrogen (secondary N) is 1. The Morgan fingerprint density at radius 3 is 2.81 bits per heavy atom. The number of aliphatic hydroxyl groups is 1. The van der Waals surface area contributed by atoms with E-state index < -0.39 is 21.5 Å². The van der Waals surface area contributed by atoms with Crippen LogP contribution in [0.15, 0.2) is 0 Å². The van der Waals surface area contributed by atoms with Crippen LogP contribution in [0, 0.1) is 0 Å². The number of aliphatic hydroxyl groups excluding tert-OH is 1. The summed E-state index contributed by atoms with van der Waals surface area (Å²) in [5.41, 5.74) is 5.00. The smallest absolute Gasteiger partial charge is 0.237 e. The van der Waals surface area contributed by atoms with Gasteiger partial charge in [-0.25, -0.2) is 8.42 Å². The summed E-state index contributed by atoms with van der Waals surface area (Å²) in [6, 6.07) is 0.302. The molecule has 0 radical (unpaired) electrons. The Kier molecular flexibility index (Phi) is 4.92. The molecule has 0 aliphatic carbocycles. The van der Waals surface area contributed by atoms with Crippen LogP contribution in [0.1, 0.15) is 32.1 Å². The van der Waals surface area contributed by atoms with E-state index in [-0.39, 0.29) is 18.3 Å². The highest BCUT2D eigenvalue weighted by atomic mass is 32.2. The summed E-state index contributed by atoms with van der Waals surface area (Å²) in [4.78, 5) is 13.9. The van der Waals surface area contributed by atoms with E-state index in [1.165, 1.54) is 0 Å². The largest absolute Gasteiger partial charge is 0.390 e. The van der Waals surface area contributed by atoms with E-state index in [9.17, 15) is 18.3 Å². The van der Waals surface area contributed by atoms with Crippen molar-refractivity contribution in [3.63, 3.8) is 0 Å². The lowest BCUT2D eigenvalue weighted by Gasteiger charge is -2.43. The van der Waals surface area contributed by atoms with Crippen LogP contribution in [0.3, 0.4) is 0 Å². The summed E-state index contributed by atoms with van der Waals surface area (Å²) in [6.07, 6.45) is 4.89. The predicted octanol–water partition coefficient (Wildman–Crippen LogP) is -1.19. The van der Waals surface area contributed by atoms with Crippen molar-refractivity contribution in [2.45, 2.75) is 49.8 Å². The number of sulfone groups is 1. The average molecular weight is 319 g/mol. The Labute approximate surface area is 125 Å². The van der Waals surface area contributed by atoms with Crippen molar-refractivity contribution in [3.8, 4) is 0 Å². The summed E-state index contributed by atoms with van der Waals surface area (Å²) in [5.74, 6) is -0.463. The molecule has 0 unspecified atom stereocenters. The van der Waals surface area contributed by atoms with Crippen LogP contribution in [0.4, 0.5) is 0 Å². The Morgan fingerprint density at radius 2 is 2.19 bits per heavy atom. The van der Waals surface area contributed by atoms with Crippen molar-refractivity contribution in [2.75, 3.05) is 25.2 Å². The molecule has 3 atom stereocenters. The Bertz CT molecular complexity index is 492. The number of nitrogens with two attached hydrogens (primary N) is 1. The quantitative estimate of drug-likeness (QED) is 0.544. The van der Waals surface area contributed by atoms with Crippen LogP contribution in [0.25, 0.3) is 0 Å². The fraction of sp³-hybridized carbons (Fsp3) is 0.923. The zero-order valence-corrected chi connectivity index (χ0v) is 13.2. The van der Waals surface area contributed by atoms with Crippen LogP contribution in [0.2, 0.25) is 0 Å². The molecule has 2 fully saturated rings. The van der Waals surface area contributed by atoms with Crippen LogP contribution < -0.4 is 11.1 Å². The van der Waals surface area contributed by atoms with Crippen LogP contribution in [0.5, 0.6) is 0 Å². The standard InChI is InChI=1S/C13H25N3O4S/c1-21(19,20)9-15-7-11(17)8-16-10-3-2-5-13(16,6-4-10)12(14)18/h10-11,15,17H,2-9H2,1H3,(H2,14,18)/t10-,11+,13+/m1/s1. The van der Waals surface area contributed by atoms with E-state index in [0.717, 1.165) is 38.4 Å². The van der Waals surface area contributed by atoms with E-state index in [1.807, 2.05) is 4.90 Å². The minimum Gasteiger partial charge on any atom is -0.390 e. The molecule has 2 bridgehead atoms. The molecule has 8 heteroatoms. The van der Waals surface area contributed by atoms with Crippen molar-refractivity contribution < 1.29 is 18.3 Å². The van der Waals surface area contributed by atoms with Crippen LogP contribution >= 0.6 is 0 Å². The minimum atomic E-state index is -3.10. The number of hydrogen-bond acceptors (Lipinski definition) is 6. The number of amides is 1. The maximum absolute atomic E-state index is 11.9. The third-order valence-corrected chi connectivity index (χ3v) is 5.35. The molecule has 7 nitrogen and oxygen atoms in total. The first kappa shape index (κ1) is 16.7. The highest BCUT2D eigenvalue weighted by Crippen LogP contribution is 2.43. The van der Waals surface area contributed by atoms with Crippen LogP contribution in [-0.2, 0) is 14.6 Å². The molecule has 0 saturated carbocycles. The van der Waals surface area contributed by atoms with Crippen LogP contribution in [-0.4, -0.2) is 67.2 Å². The van der Waals surface area contributed by atoms with Crippen molar-refractivity contribution in [1.29, 1.82) is 0 Å². The van der Waals surface area contributed by atoms with Gasteiger partial charge in [-0.2, -0.15) is 0 Å². The fourth-order valence-electron chi connectivity index (χ4n) is 3.67. The first-order valence-corrected chi connectivity index (χ1v) is 9.44. The molecule has 4 N–H and O–H groups in total. The molecule has 2 rings (SSSR count). The topological polar surface area (TPSA) is 113 Å². The summed E-state index contributed by atoms with van der Waals surface area (Å²) < 4.78 is 22.1. The van der Waals surface area contributed by atoms with E-state index >= 15 is 0 Å². The molecule has 1 amide bonds. The van der Waals surface area contributed by atoms with Crippen molar-refractivity contribution >= 4 is 15.7 Å². The second-order valence-corrected chi connectivity index (χ2v) is 8.45. The number of primary amides is 1. The van der Waals surface area contributed by atoms with Gasteiger partial charge in [0.25, 0.3) is 0 Å². The van der Waals surface area contributed by atoms with Gasteiger partial charge in [0.2, 0.25) is 5.91 Å². The number of piperidine rings is 1. The molecule has 122 valence electrons. The van der Waals surface area contributed by atoms with Gasteiger partial charge in [-0.3, -0.25) is 9.69 Å². The van der Waals surface area contributed by atoms with E-state index in [2.05, 4.69) is 5.32 Å². The van der Waals surface area contributed by atoms with Gasteiger partial charge in [0.1, 0.15) is 5.54 Å². The average Bonchev–Trinajstić information content (AvgIpc) is 2.57. The Hall–Kier alpha value is -0.700. The normalized spacial score (nSPS) is 31.2. The fourth-order valence-corrected chi connectivity index (χ4v) is 4.16. The lowest BCUT2D eigenvalue weighted by molar-refractivity contribution is -0.132. The third-order valence-electron chi connectivity index (χ3n) is 4.62. The number of hydrogen-bond donors (Lipinski definition) is 3. The second kappa shape index (κ2) is 6.20. The Balaban J connectivity index is 1.93. The Morgan fingerprint density at radius 1 is 1.48 bits per heavy atom. The molecule has 0 aromatic carbocycles. The van der Waals surface area contributed by atoms with Crippen molar-refractivity contribution in [1.82, 2.24) is 10.2 Å². The van der Waals surface area contributed by atoms with Gasteiger partial charge >= 0.3 is 0 Å². The number of fused-ring (bicyclic) bond motifs is 2. The molecule has 21 heavy (non-hydrogen) atoms. The molecular formula is C13H25N3O4S. The van der Waals surface area contributed by atoms with Crippen molar-refractivity contribution in [3.05, 3.63) is 0 Å². The number of nitrogens with zero attached hydrogens (tertiary/aromatic N) is 1. The first-order valence-electron chi connectivity index (χ1n) is 7.38. The second-order valence-electron chi connectivity index (χ2n) is 6.31. The van der Waals surface area contributed by atoms with E-state index in [1.54, 1.807) is 0 Å². The SMILES string of the molecule is CS(=O)(=O)CNC[C@H](O)CN1[C@@H]2CCC[C@@]1(C(N)=O)CC2. The molecule has 0 aromatic heterocycles. The molecule has 2 heterocycles. The monoisotopic (exact) mass is 319 g/mol. The summed E-state index contributed by atoms with van der Waals surface area (Å²) in [6.45, 7) is 0.537. The minimum absolute atomic E-state index is 0.158. The maximum atomic E-state index is 11.9. The highest BCUT2D eigenvalue weighted by Gasteiger charge is 2.52. The molecule has 2 aliphatic heterocycles. The lowest BCUT2D eigenvalue weighted by Crippen LogP contribution is -2.60. The summed E-state index contributed by atoms with van der Waals surface area (Å²) >= 11 is 0. The molecule has 0 aromatic rings. The number of carbonyl (C=O) groups is 1. The molecule has 2 saturated heterocycles. The number of rotatable bonds is 7. The van der Waals surface area contributed by atoms with Gasteiger partial charge in [0.15, 0.2) is 9.84 Å². The molecule has 0 spiro atoms. The van der Waals surface area contributed by atoms with Gasteiger partial charge in [-0.05, 0) is 32.1 Å². The van der Waals surface area contributed by atoms with Crippen molar-refractivity contribution in [2.24, 2.45) is 5.73 Å². The van der Waals surface area contributed by atoms with Gasteiger partial charge in [-0.15, -0.1) is 0 Å². The van der Waals surface area contributed by atoms with Gasteiger partial charge in [-0.1, -0.05) is 0 Å². The lowest BCUT2D eigenvalue weighted by atomic mass is 9.87. The molecule has 2 aliphatic rings.